The van der Waals surface area contributed by atoms with Gasteiger partial charge < -0.3 is 20.1 Å². The summed E-state index contributed by atoms with van der Waals surface area (Å²) in [7, 11) is 1.72. The average Bonchev–Trinajstić information content (AvgIpc) is 2.53. The van der Waals surface area contributed by atoms with E-state index >= 15 is 0 Å². The van der Waals surface area contributed by atoms with Gasteiger partial charge in [-0.05, 0) is 12.8 Å². The lowest BCUT2D eigenvalue weighted by Crippen LogP contribution is -2.56. The molecule has 0 aliphatic carbocycles. The molecule has 0 unspecified atom stereocenters. The van der Waals surface area contributed by atoms with Crippen molar-refractivity contribution in [2.75, 3.05) is 66.2 Å². The number of ether oxygens (including phenoxy) is 2. The van der Waals surface area contributed by atoms with Gasteiger partial charge in [-0.2, -0.15) is 0 Å². The van der Waals surface area contributed by atoms with Crippen molar-refractivity contribution in [1.82, 2.24) is 9.80 Å². The standard InChI is InChI=1S/C14H27N3O3.2ClH/c1-19-11-8-16-4-6-17(7-5-16)13(18)14(12-15)2-9-20-10-3-14;;/h2-12,15H2,1H3;2*1H. The number of carbonyl (C=O) groups excluding carboxylic acids is 1. The van der Waals surface area contributed by atoms with Crippen LogP contribution in [0.2, 0.25) is 0 Å². The minimum absolute atomic E-state index is 0. The molecule has 0 radical (unpaired) electrons. The Labute approximate surface area is 145 Å². The molecule has 8 heteroatoms. The van der Waals surface area contributed by atoms with E-state index in [2.05, 4.69) is 4.90 Å². The Morgan fingerprint density at radius 3 is 2.27 bits per heavy atom. The maximum Gasteiger partial charge on any atom is 0.230 e. The number of piperazine rings is 1. The van der Waals surface area contributed by atoms with Crippen LogP contribution in [0.5, 0.6) is 0 Å². The predicted octanol–water partition coefficient (Wildman–Crippen LogP) is 0.376. The van der Waals surface area contributed by atoms with E-state index in [4.69, 9.17) is 15.2 Å². The maximum absolute atomic E-state index is 12.8. The Morgan fingerprint density at radius 1 is 1.18 bits per heavy atom. The molecule has 0 bridgehead atoms. The van der Waals surface area contributed by atoms with E-state index in [1.165, 1.54) is 0 Å². The first-order chi connectivity index (χ1) is 9.72. The summed E-state index contributed by atoms with van der Waals surface area (Å²) in [6.45, 7) is 6.85. The number of nitrogens with two attached hydrogens (primary N) is 1. The summed E-state index contributed by atoms with van der Waals surface area (Å²) in [5.41, 5.74) is 5.53. The predicted molar refractivity (Wildman–Crippen MR) is 90.9 cm³/mol. The number of methoxy groups -OCH3 is 1. The van der Waals surface area contributed by atoms with Gasteiger partial charge in [0.15, 0.2) is 0 Å². The second-order valence-corrected chi connectivity index (χ2v) is 5.72. The number of hydrogen-bond donors (Lipinski definition) is 1. The lowest BCUT2D eigenvalue weighted by atomic mass is 9.78. The molecule has 2 N–H and O–H groups in total. The largest absolute Gasteiger partial charge is 0.383 e. The van der Waals surface area contributed by atoms with Gasteiger partial charge in [0.05, 0.1) is 12.0 Å². The first kappa shape index (κ1) is 21.9. The lowest BCUT2D eigenvalue weighted by Gasteiger charge is -2.42. The van der Waals surface area contributed by atoms with Crippen LogP contribution in [0, 0.1) is 5.41 Å². The summed E-state index contributed by atoms with van der Waals surface area (Å²) >= 11 is 0. The summed E-state index contributed by atoms with van der Waals surface area (Å²) in [6.07, 6.45) is 1.51. The molecule has 2 rings (SSSR count). The van der Waals surface area contributed by atoms with Crippen molar-refractivity contribution in [2.24, 2.45) is 11.1 Å². The van der Waals surface area contributed by atoms with E-state index in [1.807, 2.05) is 4.90 Å². The number of carbonyl (C=O) groups is 1. The molecule has 2 aliphatic heterocycles. The third kappa shape index (κ3) is 5.22. The summed E-state index contributed by atoms with van der Waals surface area (Å²) in [6, 6.07) is 0. The molecule has 0 aromatic rings. The molecule has 2 heterocycles. The van der Waals surface area contributed by atoms with Crippen molar-refractivity contribution in [3.05, 3.63) is 0 Å². The molecule has 0 saturated carbocycles. The molecule has 2 saturated heterocycles. The van der Waals surface area contributed by atoms with Crippen LogP contribution in [-0.2, 0) is 14.3 Å². The van der Waals surface area contributed by atoms with Gasteiger partial charge in [-0.3, -0.25) is 9.69 Å². The van der Waals surface area contributed by atoms with Crippen molar-refractivity contribution in [2.45, 2.75) is 12.8 Å². The molecular weight excluding hydrogens is 329 g/mol. The first-order valence-electron chi connectivity index (χ1n) is 7.50. The van der Waals surface area contributed by atoms with Crippen LogP contribution in [0.4, 0.5) is 0 Å². The monoisotopic (exact) mass is 357 g/mol. The maximum atomic E-state index is 12.8. The number of nitrogens with zero attached hydrogens (tertiary/aromatic N) is 2. The summed E-state index contributed by atoms with van der Waals surface area (Å²) < 4.78 is 10.5. The van der Waals surface area contributed by atoms with Gasteiger partial charge >= 0.3 is 0 Å². The minimum Gasteiger partial charge on any atom is -0.383 e. The van der Waals surface area contributed by atoms with Crippen LogP contribution >= 0.6 is 24.8 Å². The molecule has 132 valence electrons. The quantitative estimate of drug-likeness (QED) is 0.770. The minimum atomic E-state index is -0.382. The Morgan fingerprint density at radius 2 is 1.77 bits per heavy atom. The van der Waals surface area contributed by atoms with Gasteiger partial charge in [-0.25, -0.2) is 0 Å². The van der Waals surface area contributed by atoms with Gasteiger partial charge in [0.2, 0.25) is 5.91 Å². The Bertz CT molecular complexity index is 320. The van der Waals surface area contributed by atoms with Gasteiger partial charge in [-0.15, -0.1) is 24.8 Å². The molecule has 22 heavy (non-hydrogen) atoms. The number of halogens is 2. The second kappa shape index (κ2) is 10.6. The Kier molecular flexibility index (Phi) is 10.6. The van der Waals surface area contributed by atoms with E-state index in [-0.39, 0.29) is 36.1 Å². The fraction of sp³-hybridized carbons (Fsp3) is 0.929. The smallest absolute Gasteiger partial charge is 0.230 e. The molecule has 1 amide bonds. The molecular formula is C14H29Cl2N3O3. The van der Waals surface area contributed by atoms with Crippen LogP contribution in [0.1, 0.15) is 12.8 Å². The van der Waals surface area contributed by atoms with E-state index < -0.39 is 0 Å². The van der Waals surface area contributed by atoms with Crippen molar-refractivity contribution in [3.8, 4) is 0 Å². The zero-order valence-electron chi connectivity index (χ0n) is 13.3. The highest BCUT2D eigenvalue weighted by Gasteiger charge is 2.41. The molecule has 2 fully saturated rings. The van der Waals surface area contributed by atoms with E-state index in [0.717, 1.165) is 52.2 Å². The second-order valence-electron chi connectivity index (χ2n) is 5.72. The van der Waals surface area contributed by atoms with Gasteiger partial charge in [0, 0.05) is 59.6 Å². The molecule has 0 atom stereocenters. The van der Waals surface area contributed by atoms with Gasteiger partial charge in [-0.1, -0.05) is 0 Å². The number of rotatable bonds is 5. The zero-order valence-corrected chi connectivity index (χ0v) is 14.9. The summed E-state index contributed by atoms with van der Waals surface area (Å²) in [5, 5.41) is 0. The summed E-state index contributed by atoms with van der Waals surface area (Å²) in [5.74, 6) is 0.231. The van der Waals surface area contributed by atoms with Crippen molar-refractivity contribution < 1.29 is 14.3 Å². The highest BCUT2D eigenvalue weighted by Crippen LogP contribution is 2.32. The topological polar surface area (TPSA) is 68.0 Å². The molecule has 0 aromatic heterocycles. The van der Waals surface area contributed by atoms with Crippen molar-refractivity contribution >= 4 is 30.7 Å². The fourth-order valence-corrected chi connectivity index (χ4v) is 3.00. The molecule has 6 nitrogen and oxygen atoms in total. The van der Waals surface area contributed by atoms with E-state index in [1.54, 1.807) is 7.11 Å². The van der Waals surface area contributed by atoms with Gasteiger partial charge in [0.25, 0.3) is 0 Å². The normalized spacial score (nSPS) is 21.6. The van der Waals surface area contributed by atoms with Crippen molar-refractivity contribution in [3.63, 3.8) is 0 Å². The van der Waals surface area contributed by atoms with Gasteiger partial charge in [0.1, 0.15) is 0 Å². The zero-order chi connectivity index (χ0) is 14.4. The Balaban J connectivity index is 0.00000220. The Hall–Kier alpha value is -0.110. The number of hydrogen-bond acceptors (Lipinski definition) is 5. The van der Waals surface area contributed by atoms with Crippen LogP contribution in [0.25, 0.3) is 0 Å². The third-order valence-electron chi connectivity index (χ3n) is 4.57. The molecule has 0 aromatic carbocycles. The van der Waals surface area contributed by atoms with Crippen LogP contribution in [0.15, 0.2) is 0 Å². The average molecular weight is 358 g/mol. The SMILES string of the molecule is COCCN1CCN(C(=O)C2(CN)CCOCC2)CC1.Cl.Cl. The molecule has 0 spiro atoms. The first-order valence-corrected chi connectivity index (χ1v) is 7.50. The van der Waals surface area contributed by atoms with Crippen LogP contribution in [0.3, 0.4) is 0 Å². The summed E-state index contributed by atoms with van der Waals surface area (Å²) in [4.78, 5) is 17.1. The molecule has 2 aliphatic rings. The third-order valence-corrected chi connectivity index (χ3v) is 4.57. The van der Waals surface area contributed by atoms with Crippen molar-refractivity contribution in [1.29, 1.82) is 0 Å². The van der Waals surface area contributed by atoms with Crippen LogP contribution in [-0.4, -0.2) is 81.9 Å². The highest BCUT2D eigenvalue weighted by molar-refractivity contribution is 5.85. The fourth-order valence-electron chi connectivity index (χ4n) is 3.00. The number of amides is 1. The van der Waals surface area contributed by atoms with E-state index in [0.29, 0.717) is 19.8 Å². The van der Waals surface area contributed by atoms with Crippen LogP contribution < -0.4 is 5.73 Å². The highest BCUT2D eigenvalue weighted by atomic mass is 35.5. The van der Waals surface area contributed by atoms with E-state index in [9.17, 15) is 4.79 Å². The lowest BCUT2D eigenvalue weighted by molar-refractivity contribution is -0.149.